The van der Waals surface area contributed by atoms with E-state index in [4.69, 9.17) is 45.5 Å². The molecule has 0 amide bonds. The molecule has 65 heavy (non-hydrogen) atoms. The van der Waals surface area contributed by atoms with E-state index in [1.807, 2.05) is 118 Å². The Kier molecular flexibility index (Phi) is 22.5. The van der Waals surface area contributed by atoms with Crippen molar-refractivity contribution in [2.45, 2.75) is 129 Å². The molecule has 0 atom stereocenters. The van der Waals surface area contributed by atoms with Crippen LogP contribution in [0.5, 0.6) is 23.0 Å². The maximum absolute atomic E-state index is 15.2. The van der Waals surface area contributed by atoms with Gasteiger partial charge in [0.2, 0.25) is 9.84 Å². The van der Waals surface area contributed by atoms with Gasteiger partial charge >= 0.3 is 17.6 Å². The second-order valence-corrected chi connectivity index (χ2v) is 23.1. The summed E-state index contributed by atoms with van der Waals surface area (Å²) >= 11 is 0. The third-order valence-corrected chi connectivity index (χ3v) is 18.2. The van der Waals surface area contributed by atoms with E-state index in [1.165, 1.54) is 0 Å². The summed E-state index contributed by atoms with van der Waals surface area (Å²) in [6.45, 7) is 23.5. The second kappa shape index (κ2) is 27.1. The second-order valence-electron chi connectivity index (χ2n) is 15.8. The molecule has 0 aliphatic carbocycles. The molecule has 0 N–H and O–H groups in total. The molecule has 0 saturated heterocycles. The van der Waals surface area contributed by atoms with Gasteiger partial charge in [0, 0.05) is 62.9 Å². The average Bonchev–Trinajstić information content (AvgIpc) is 3.27. The van der Waals surface area contributed by atoms with Crippen LogP contribution in [0.1, 0.15) is 94.9 Å². The maximum Gasteiger partial charge on any atom is 0.500 e. The number of rotatable bonds is 32. The van der Waals surface area contributed by atoms with Crippen LogP contribution < -0.4 is 18.9 Å². The van der Waals surface area contributed by atoms with Crippen LogP contribution in [0.25, 0.3) is 22.3 Å². The molecule has 15 heteroatoms. The van der Waals surface area contributed by atoms with Gasteiger partial charge in [-0.15, -0.1) is 0 Å². The fourth-order valence-corrected chi connectivity index (χ4v) is 14.5. The van der Waals surface area contributed by atoms with Gasteiger partial charge in [-0.2, -0.15) is 0 Å². The van der Waals surface area contributed by atoms with Crippen LogP contribution in [-0.4, -0.2) is 91.1 Å². The van der Waals surface area contributed by atoms with Crippen molar-refractivity contribution in [1.29, 1.82) is 0 Å². The van der Waals surface area contributed by atoms with Crippen molar-refractivity contribution in [2.75, 3.05) is 52.9 Å². The van der Waals surface area contributed by atoms with Crippen LogP contribution >= 0.6 is 0 Å². The van der Waals surface area contributed by atoms with Crippen LogP contribution in [-0.2, 0) is 36.4 Å². The van der Waals surface area contributed by atoms with Gasteiger partial charge in [0.15, 0.2) is 0 Å². The summed E-state index contributed by atoms with van der Waals surface area (Å²) in [7, 11) is -9.72. The predicted octanol–water partition coefficient (Wildman–Crippen LogP) is 11.8. The van der Waals surface area contributed by atoms with E-state index in [-0.39, 0.29) is 22.0 Å². The summed E-state index contributed by atoms with van der Waals surface area (Å²) in [5.41, 5.74) is 2.42. The van der Waals surface area contributed by atoms with Crippen molar-refractivity contribution in [3.8, 4) is 45.3 Å². The van der Waals surface area contributed by atoms with Crippen molar-refractivity contribution in [3.63, 3.8) is 0 Å². The highest BCUT2D eigenvalue weighted by Crippen LogP contribution is 2.40. The first kappa shape index (κ1) is 53.8. The number of hydrogen-bond donors (Lipinski definition) is 0. The Morgan fingerprint density at radius 3 is 1.03 bits per heavy atom. The lowest BCUT2D eigenvalue weighted by Gasteiger charge is -2.28. The van der Waals surface area contributed by atoms with Gasteiger partial charge in [-0.1, -0.05) is 24.3 Å². The number of hydrogen-bond acceptors (Lipinski definition) is 12. The zero-order valence-electron chi connectivity index (χ0n) is 40.4. The minimum atomic E-state index is -4.16. The van der Waals surface area contributed by atoms with Crippen LogP contribution in [0.15, 0.2) is 94.7 Å². The van der Waals surface area contributed by atoms with Crippen molar-refractivity contribution >= 4 is 27.4 Å². The van der Waals surface area contributed by atoms with E-state index < -0.39 is 27.4 Å². The van der Waals surface area contributed by atoms with Crippen LogP contribution in [0.4, 0.5) is 0 Å². The maximum atomic E-state index is 15.2. The molecule has 4 aromatic rings. The summed E-state index contributed by atoms with van der Waals surface area (Å²) in [6.07, 6.45) is 3.00. The van der Waals surface area contributed by atoms with E-state index in [0.717, 1.165) is 25.7 Å². The third-order valence-electron chi connectivity index (χ3n) is 10.0. The van der Waals surface area contributed by atoms with E-state index >= 15 is 8.42 Å². The molecule has 360 valence electrons. The molecule has 0 saturated carbocycles. The van der Waals surface area contributed by atoms with Crippen molar-refractivity contribution in [1.82, 2.24) is 0 Å². The zero-order chi connectivity index (χ0) is 47.3. The first-order chi connectivity index (χ1) is 31.3. The highest BCUT2D eigenvalue weighted by Gasteiger charge is 2.40. The van der Waals surface area contributed by atoms with Gasteiger partial charge in [0.05, 0.1) is 35.2 Å². The molecule has 0 unspecified atom stereocenters. The number of ether oxygens (including phenoxy) is 4. The first-order valence-electron chi connectivity index (χ1n) is 23.4. The molecule has 0 radical (unpaired) electrons. The monoisotopic (exact) mass is 954 g/mol. The van der Waals surface area contributed by atoms with E-state index in [1.54, 1.807) is 36.4 Å². The summed E-state index contributed by atoms with van der Waals surface area (Å²) in [6, 6.07) is 26.6. The van der Waals surface area contributed by atoms with Crippen molar-refractivity contribution in [3.05, 3.63) is 84.9 Å². The molecule has 0 spiro atoms. The Hall–Kier alpha value is -3.78. The van der Waals surface area contributed by atoms with Crippen LogP contribution in [0, 0.1) is 0 Å². The molecule has 12 nitrogen and oxygen atoms in total. The quantitative estimate of drug-likeness (QED) is 0.0341. The summed E-state index contributed by atoms with van der Waals surface area (Å²) in [5, 5.41) is 0. The van der Waals surface area contributed by atoms with Crippen molar-refractivity contribution in [2.24, 2.45) is 0 Å². The van der Waals surface area contributed by atoms with Crippen LogP contribution in [0.2, 0.25) is 12.1 Å². The molecule has 4 aromatic carbocycles. The lowest BCUT2D eigenvalue weighted by Crippen LogP contribution is -2.45. The number of unbranched alkanes of at least 4 members (excludes halogenated alkanes) is 2. The highest BCUT2D eigenvalue weighted by atomic mass is 32.2. The summed E-state index contributed by atoms with van der Waals surface area (Å²) < 4.78 is 91.0. The van der Waals surface area contributed by atoms with Gasteiger partial charge in [0.1, 0.15) is 23.0 Å². The third kappa shape index (κ3) is 16.2. The van der Waals surface area contributed by atoms with Crippen LogP contribution in [0.3, 0.4) is 0 Å². The van der Waals surface area contributed by atoms with E-state index in [9.17, 15) is 0 Å². The van der Waals surface area contributed by atoms with Gasteiger partial charge in [-0.3, -0.25) is 0 Å². The van der Waals surface area contributed by atoms with Gasteiger partial charge in [-0.05, 0) is 167 Å². The SMILES string of the molecule is CCO[Si](CCCCOc1ccc(S(=O)(=O)c2ccc(OCCCC[Si](OCC)(OCC)OCC)cc2-c2ccc(OC(C)C)cc2)c(-c2ccc(OC(C)C)cc2)c1)(OCC)OCC. The standard InChI is InChI=1S/C50H74O12SSi2/c1-11-55-64(56-12-2,57-13-3)35-19-17-33-53-45-29-31-49(47(37-45)41-21-25-43(26-22-41)61-39(7)8)63(51,52)50-32-30-46(38-48(50)42-23-27-44(28-24-42)62-40(9)10)54-34-18-20-36-65(58-14-4,59-15-5)60-16-6/h21-32,37-40H,11-20,33-36H2,1-10H3. The Morgan fingerprint density at radius 1 is 0.431 bits per heavy atom. The largest absolute Gasteiger partial charge is 0.500 e. The molecule has 0 aliphatic heterocycles. The lowest BCUT2D eigenvalue weighted by molar-refractivity contribution is 0.0696. The average molecular weight is 955 g/mol. The number of sulfone groups is 1. The Balaban J connectivity index is 1.68. The fraction of sp³-hybridized carbons (Fsp3) is 0.520. The molecule has 0 aromatic heterocycles. The topological polar surface area (TPSA) is 126 Å². The minimum absolute atomic E-state index is 0.0179. The smallest absolute Gasteiger partial charge is 0.494 e. The molecule has 0 aliphatic rings. The Labute approximate surface area is 391 Å². The molecule has 0 fully saturated rings. The number of benzene rings is 4. The summed E-state index contributed by atoms with van der Waals surface area (Å²) in [4.78, 5) is 0.284. The molecule has 0 bridgehead atoms. The Morgan fingerprint density at radius 2 is 0.738 bits per heavy atom. The highest BCUT2D eigenvalue weighted by molar-refractivity contribution is 7.91. The zero-order valence-corrected chi connectivity index (χ0v) is 43.3. The van der Waals surface area contributed by atoms with Gasteiger partial charge in [0.25, 0.3) is 0 Å². The van der Waals surface area contributed by atoms with Gasteiger partial charge in [-0.25, -0.2) is 8.42 Å². The normalized spacial score (nSPS) is 12.2. The van der Waals surface area contributed by atoms with Crippen molar-refractivity contribution < 1.29 is 53.9 Å². The summed E-state index contributed by atoms with van der Waals surface area (Å²) in [5.74, 6) is 2.48. The van der Waals surface area contributed by atoms with E-state index in [0.29, 0.717) is 110 Å². The molecule has 4 rings (SSSR count). The Bertz CT molecular complexity index is 1920. The minimum Gasteiger partial charge on any atom is -0.494 e. The molecular formula is C50H74O12SSi2. The lowest BCUT2D eigenvalue weighted by atomic mass is 10.0. The van der Waals surface area contributed by atoms with E-state index in [2.05, 4.69) is 0 Å². The molecular weight excluding hydrogens is 881 g/mol. The first-order valence-corrected chi connectivity index (χ1v) is 28.8. The van der Waals surface area contributed by atoms with Gasteiger partial charge < -0.3 is 45.5 Å². The fourth-order valence-electron chi connectivity index (χ4n) is 7.48. The predicted molar refractivity (Wildman–Crippen MR) is 261 cm³/mol. The molecule has 0 heterocycles.